The zero-order valence-electron chi connectivity index (χ0n) is 7.45. The lowest BCUT2D eigenvalue weighted by atomic mass is 10.2. The molecule has 2 N–H and O–H groups in total. The number of rotatable bonds is 4. The highest BCUT2D eigenvalue weighted by Gasteiger charge is 2.07. The van der Waals surface area contributed by atoms with Crippen molar-refractivity contribution in [2.45, 2.75) is 26.0 Å². The molecule has 1 aromatic heterocycles. The normalized spacial score (nSPS) is 15.9. The van der Waals surface area contributed by atoms with Gasteiger partial charge in [0.2, 0.25) is 0 Å². The Hall–Kier alpha value is -0.800. The van der Waals surface area contributed by atoms with Gasteiger partial charge >= 0.3 is 0 Å². The number of hydrogen-bond acceptors (Lipinski definition) is 3. The summed E-state index contributed by atoms with van der Waals surface area (Å²) in [5.74, 6) is 0.899. The van der Waals surface area contributed by atoms with Gasteiger partial charge in [0.15, 0.2) is 0 Å². The maximum Gasteiger partial charge on any atom is 0.120 e. The van der Waals surface area contributed by atoms with E-state index in [2.05, 4.69) is 5.32 Å². The van der Waals surface area contributed by atoms with E-state index >= 15 is 0 Å². The lowest BCUT2D eigenvalue weighted by molar-refractivity contribution is 0.185. The minimum atomic E-state index is -0.317. The number of hydrogen-bond donors (Lipinski definition) is 2. The van der Waals surface area contributed by atoms with E-state index in [-0.39, 0.29) is 12.1 Å². The minimum Gasteiger partial charge on any atom is -0.468 e. The third kappa shape index (κ3) is 2.68. The van der Waals surface area contributed by atoms with Crippen LogP contribution >= 0.6 is 0 Å². The van der Waals surface area contributed by atoms with Gasteiger partial charge in [-0.25, -0.2) is 0 Å². The average molecular weight is 169 g/mol. The van der Waals surface area contributed by atoms with Crippen LogP contribution in [0, 0.1) is 0 Å². The Kier molecular flexibility index (Phi) is 3.31. The van der Waals surface area contributed by atoms with Crippen LogP contribution in [-0.2, 0) is 0 Å². The molecule has 1 unspecified atom stereocenters. The molecule has 68 valence electrons. The molecule has 0 amide bonds. The molecule has 2 atom stereocenters. The van der Waals surface area contributed by atoms with Gasteiger partial charge in [-0.15, -0.1) is 0 Å². The van der Waals surface area contributed by atoms with E-state index in [1.165, 1.54) is 0 Å². The molecule has 0 saturated carbocycles. The third-order valence-corrected chi connectivity index (χ3v) is 1.69. The van der Waals surface area contributed by atoms with Gasteiger partial charge in [-0.05, 0) is 26.0 Å². The summed E-state index contributed by atoms with van der Waals surface area (Å²) in [6.45, 7) is 4.34. The molecule has 0 fully saturated rings. The van der Waals surface area contributed by atoms with Crippen molar-refractivity contribution in [1.29, 1.82) is 0 Å². The predicted molar refractivity (Wildman–Crippen MR) is 46.8 cm³/mol. The van der Waals surface area contributed by atoms with Crippen LogP contribution in [0.5, 0.6) is 0 Å². The second kappa shape index (κ2) is 4.28. The van der Waals surface area contributed by atoms with Gasteiger partial charge < -0.3 is 14.8 Å². The highest BCUT2D eigenvalue weighted by Crippen LogP contribution is 2.11. The number of furan rings is 1. The van der Waals surface area contributed by atoms with E-state index in [0.717, 1.165) is 5.76 Å². The van der Waals surface area contributed by atoms with Crippen LogP contribution in [0.25, 0.3) is 0 Å². The van der Waals surface area contributed by atoms with E-state index < -0.39 is 0 Å². The Morgan fingerprint density at radius 3 is 2.83 bits per heavy atom. The van der Waals surface area contributed by atoms with Gasteiger partial charge in [0.05, 0.1) is 18.4 Å². The topological polar surface area (TPSA) is 45.4 Å². The zero-order chi connectivity index (χ0) is 8.97. The molecule has 1 rings (SSSR count). The standard InChI is InChI=1S/C9H15NO2/c1-7(11)6-10-8(2)9-4-3-5-12-9/h3-5,7-8,10-11H,6H2,1-2H3/t7-,8?/m1/s1. The zero-order valence-corrected chi connectivity index (χ0v) is 7.45. The maximum absolute atomic E-state index is 9.01. The van der Waals surface area contributed by atoms with Gasteiger partial charge in [-0.3, -0.25) is 0 Å². The molecule has 1 heterocycles. The van der Waals surface area contributed by atoms with Gasteiger partial charge in [0.1, 0.15) is 5.76 Å². The third-order valence-electron chi connectivity index (χ3n) is 1.69. The Labute approximate surface area is 72.4 Å². The summed E-state index contributed by atoms with van der Waals surface area (Å²) in [5.41, 5.74) is 0. The first-order valence-corrected chi connectivity index (χ1v) is 4.15. The van der Waals surface area contributed by atoms with Crippen molar-refractivity contribution in [3.63, 3.8) is 0 Å². The Morgan fingerprint density at radius 1 is 1.58 bits per heavy atom. The van der Waals surface area contributed by atoms with Gasteiger partial charge in [-0.2, -0.15) is 0 Å². The van der Waals surface area contributed by atoms with Crippen LogP contribution in [0.15, 0.2) is 22.8 Å². The first kappa shape index (κ1) is 9.29. The van der Waals surface area contributed by atoms with Crippen molar-refractivity contribution in [2.24, 2.45) is 0 Å². The van der Waals surface area contributed by atoms with Crippen molar-refractivity contribution >= 4 is 0 Å². The van der Waals surface area contributed by atoms with Gasteiger partial charge in [0.25, 0.3) is 0 Å². The van der Waals surface area contributed by atoms with E-state index in [1.54, 1.807) is 13.2 Å². The first-order valence-electron chi connectivity index (χ1n) is 4.15. The second-order valence-corrected chi connectivity index (χ2v) is 2.99. The quantitative estimate of drug-likeness (QED) is 0.714. The van der Waals surface area contributed by atoms with Crippen LogP contribution in [0.2, 0.25) is 0 Å². The van der Waals surface area contributed by atoms with Crippen LogP contribution in [0.3, 0.4) is 0 Å². The summed E-state index contributed by atoms with van der Waals surface area (Å²) in [6.07, 6.45) is 1.33. The molecule has 0 spiro atoms. The average Bonchev–Trinajstić information content (AvgIpc) is 2.51. The summed E-state index contributed by atoms with van der Waals surface area (Å²) < 4.78 is 5.18. The molecule has 0 radical (unpaired) electrons. The molecule has 0 aliphatic rings. The van der Waals surface area contributed by atoms with E-state index in [9.17, 15) is 0 Å². The van der Waals surface area contributed by atoms with E-state index in [1.807, 2.05) is 19.1 Å². The Bertz CT molecular complexity index is 206. The van der Waals surface area contributed by atoms with Crippen LogP contribution in [0.1, 0.15) is 25.6 Å². The molecule has 3 nitrogen and oxygen atoms in total. The molecule has 0 aliphatic carbocycles. The lowest BCUT2D eigenvalue weighted by Crippen LogP contribution is -2.26. The molecular weight excluding hydrogens is 154 g/mol. The Morgan fingerprint density at radius 2 is 2.33 bits per heavy atom. The highest BCUT2D eigenvalue weighted by molar-refractivity contribution is 5.02. The van der Waals surface area contributed by atoms with Crippen molar-refractivity contribution in [1.82, 2.24) is 5.32 Å². The summed E-state index contributed by atoms with van der Waals surface area (Å²) in [5, 5.41) is 12.1. The molecule has 0 aromatic carbocycles. The smallest absolute Gasteiger partial charge is 0.120 e. The highest BCUT2D eigenvalue weighted by atomic mass is 16.3. The fourth-order valence-corrected chi connectivity index (χ4v) is 0.986. The van der Waals surface area contributed by atoms with Gasteiger partial charge in [-0.1, -0.05) is 0 Å². The SMILES string of the molecule is CC(NC[C@@H](C)O)c1ccco1. The number of nitrogens with one attached hydrogen (secondary N) is 1. The summed E-state index contributed by atoms with van der Waals surface area (Å²) >= 11 is 0. The summed E-state index contributed by atoms with van der Waals surface area (Å²) in [4.78, 5) is 0. The second-order valence-electron chi connectivity index (χ2n) is 2.99. The van der Waals surface area contributed by atoms with Crippen LogP contribution in [0.4, 0.5) is 0 Å². The molecule has 3 heteroatoms. The number of aliphatic hydroxyl groups is 1. The van der Waals surface area contributed by atoms with Crippen LogP contribution in [-0.4, -0.2) is 17.8 Å². The molecule has 0 saturated heterocycles. The molecule has 0 aliphatic heterocycles. The minimum absolute atomic E-state index is 0.162. The molecule has 12 heavy (non-hydrogen) atoms. The molecule has 0 bridgehead atoms. The van der Waals surface area contributed by atoms with Crippen LogP contribution < -0.4 is 5.32 Å². The van der Waals surface area contributed by atoms with Gasteiger partial charge in [0, 0.05) is 6.54 Å². The first-order chi connectivity index (χ1) is 5.70. The lowest BCUT2D eigenvalue weighted by Gasteiger charge is -2.12. The molecular formula is C9H15NO2. The van der Waals surface area contributed by atoms with Crippen molar-refractivity contribution in [2.75, 3.05) is 6.54 Å². The number of aliphatic hydroxyl groups excluding tert-OH is 1. The van der Waals surface area contributed by atoms with E-state index in [0.29, 0.717) is 6.54 Å². The summed E-state index contributed by atoms with van der Waals surface area (Å²) in [7, 11) is 0. The monoisotopic (exact) mass is 169 g/mol. The fraction of sp³-hybridized carbons (Fsp3) is 0.556. The largest absolute Gasteiger partial charge is 0.468 e. The molecule has 1 aromatic rings. The predicted octanol–water partition coefficient (Wildman–Crippen LogP) is 1.31. The summed E-state index contributed by atoms with van der Waals surface area (Å²) in [6, 6.07) is 3.94. The fourth-order valence-electron chi connectivity index (χ4n) is 0.986. The van der Waals surface area contributed by atoms with Crippen molar-refractivity contribution in [3.8, 4) is 0 Å². The van der Waals surface area contributed by atoms with E-state index in [4.69, 9.17) is 9.52 Å². The maximum atomic E-state index is 9.01. The van der Waals surface area contributed by atoms with Crippen molar-refractivity contribution < 1.29 is 9.52 Å². The van der Waals surface area contributed by atoms with Crippen molar-refractivity contribution in [3.05, 3.63) is 24.2 Å². The Balaban J connectivity index is 2.34.